The first-order chi connectivity index (χ1) is 13.3. The van der Waals surface area contributed by atoms with Crippen molar-refractivity contribution in [3.8, 4) is 0 Å². The number of alkyl halides is 1. The Bertz CT molecular complexity index is 928. The van der Waals surface area contributed by atoms with Gasteiger partial charge >= 0.3 is 0 Å². The molecule has 5 nitrogen and oxygen atoms in total. The van der Waals surface area contributed by atoms with Crippen molar-refractivity contribution in [2.75, 3.05) is 17.4 Å². The van der Waals surface area contributed by atoms with E-state index in [1.807, 2.05) is 30.3 Å². The minimum absolute atomic E-state index is 0.00787. The van der Waals surface area contributed by atoms with Crippen molar-refractivity contribution < 1.29 is 14.3 Å². The highest BCUT2D eigenvalue weighted by Crippen LogP contribution is 2.32. The van der Waals surface area contributed by atoms with Crippen LogP contribution in [0.4, 0.5) is 5.69 Å². The van der Waals surface area contributed by atoms with E-state index in [2.05, 4.69) is 21.2 Å². The molecule has 1 aliphatic heterocycles. The van der Waals surface area contributed by atoms with Crippen LogP contribution in [0.2, 0.25) is 5.02 Å². The van der Waals surface area contributed by atoms with Gasteiger partial charge < -0.3 is 10.1 Å². The number of halogens is 2. The third-order valence-corrected chi connectivity index (χ3v) is 5.35. The minimum atomic E-state index is -1.14. The number of nitrogens with zero attached hydrogens (tertiary/aromatic N) is 1. The van der Waals surface area contributed by atoms with Gasteiger partial charge in [-0.2, -0.15) is 0 Å². The molecule has 7 heteroatoms. The number of carbonyl (C=O) groups excluding carboxylic acids is 2. The van der Waals surface area contributed by atoms with Gasteiger partial charge in [0.2, 0.25) is 5.91 Å². The van der Waals surface area contributed by atoms with Crippen LogP contribution in [0.5, 0.6) is 0 Å². The lowest BCUT2D eigenvalue weighted by Gasteiger charge is -2.40. The number of allylic oxidation sites excluding steroid dienone is 1. The molecule has 0 saturated carbocycles. The van der Waals surface area contributed by atoms with E-state index in [1.54, 1.807) is 38.1 Å². The van der Waals surface area contributed by atoms with Gasteiger partial charge in [-0.25, -0.2) is 0 Å². The molecule has 28 heavy (non-hydrogen) atoms. The maximum absolute atomic E-state index is 13.3. The largest absolute Gasteiger partial charge is 0.476 e. The summed E-state index contributed by atoms with van der Waals surface area (Å²) in [6, 6.07) is 16.2. The molecule has 2 aromatic rings. The van der Waals surface area contributed by atoms with Gasteiger partial charge in [0, 0.05) is 10.7 Å². The van der Waals surface area contributed by atoms with E-state index in [4.69, 9.17) is 16.3 Å². The number of ether oxygens (including phenoxy) is 1. The topological polar surface area (TPSA) is 58.6 Å². The molecule has 2 aromatic carbocycles. The Kier molecular flexibility index (Phi) is 6.10. The lowest BCUT2D eigenvalue weighted by Crippen LogP contribution is -2.57. The molecule has 1 N–H and O–H groups in total. The molecule has 0 aromatic heterocycles. The van der Waals surface area contributed by atoms with Crippen LogP contribution in [0, 0.1) is 0 Å². The SMILES string of the molecule is CC(C)(C(=O)Nc1cccc(Cl)c1)N1COC(CBr)=C(c2ccccc2)C1=O. The van der Waals surface area contributed by atoms with Gasteiger partial charge in [-0.15, -0.1) is 0 Å². The molecule has 0 atom stereocenters. The predicted octanol–water partition coefficient (Wildman–Crippen LogP) is 4.68. The van der Waals surface area contributed by atoms with Crippen LogP contribution in [-0.2, 0) is 14.3 Å². The fourth-order valence-corrected chi connectivity index (χ4v) is 3.54. The number of rotatable bonds is 5. The summed E-state index contributed by atoms with van der Waals surface area (Å²) in [5.41, 5.74) is 0.623. The Morgan fingerprint density at radius 2 is 1.93 bits per heavy atom. The van der Waals surface area contributed by atoms with Crippen LogP contribution in [0.25, 0.3) is 5.57 Å². The average Bonchev–Trinajstić information content (AvgIpc) is 2.68. The highest BCUT2D eigenvalue weighted by molar-refractivity contribution is 9.09. The van der Waals surface area contributed by atoms with Crippen LogP contribution in [0.1, 0.15) is 19.4 Å². The van der Waals surface area contributed by atoms with Crippen molar-refractivity contribution in [2.24, 2.45) is 0 Å². The van der Waals surface area contributed by atoms with E-state index >= 15 is 0 Å². The molecule has 146 valence electrons. The summed E-state index contributed by atoms with van der Waals surface area (Å²) >= 11 is 9.37. The lowest BCUT2D eigenvalue weighted by molar-refractivity contribution is -0.147. The van der Waals surface area contributed by atoms with Crippen molar-refractivity contribution in [1.29, 1.82) is 0 Å². The Morgan fingerprint density at radius 1 is 1.21 bits per heavy atom. The summed E-state index contributed by atoms with van der Waals surface area (Å²) in [7, 11) is 0. The zero-order valence-corrected chi connectivity index (χ0v) is 17.9. The Balaban J connectivity index is 1.89. The van der Waals surface area contributed by atoms with Crippen molar-refractivity contribution >= 4 is 50.6 Å². The number of hydrogen-bond acceptors (Lipinski definition) is 3. The lowest BCUT2D eigenvalue weighted by atomic mass is 9.96. The van der Waals surface area contributed by atoms with Gasteiger partial charge in [-0.3, -0.25) is 14.5 Å². The van der Waals surface area contributed by atoms with E-state index in [9.17, 15) is 9.59 Å². The highest BCUT2D eigenvalue weighted by atomic mass is 79.9. The summed E-state index contributed by atoms with van der Waals surface area (Å²) in [6.07, 6.45) is 0. The Hall–Kier alpha value is -2.31. The van der Waals surface area contributed by atoms with Crippen molar-refractivity contribution in [2.45, 2.75) is 19.4 Å². The number of hydrogen-bond donors (Lipinski definition) is 1. The summed E-state index contributed by atoms with van der Waals surface area (Å²) < 4.78 is 5.82. The third kappa shape index (κ3) is 4.08. The van der Waals surface area contributed by atoms with E-state index in [1.165, 1.54) is 4.90 Å². The van der Waals surface area contributed by atoms with Crippen molar-refractivity contribution in [3.05, 3.63) is 70.9 Å². The van der Waals surface area contributed by atoms with E-state index in [0.717, 1.165) is 5.56 Å². The Morgan fingerprint density at radius 3 is 2.57 bits per heavy atom. The van der Waals surface area contributed by atoms with Gasteiger partial charge in [0.15, 0.2) is 6.73 Å². The summed E-state index contributed by atoms with van der Waals surface area (Å²) in [5, 5.41) is 3.75. The van der Waals surface area contributed by atoms with Crippen LogP contribution < -0.4 is 5.32 Å². The predicted molar refractivity (Wildman–Crippen MR) is 114 cm³/mol. The molecular formula is C21H20BrClN2O3. The first-order valence-electron chi connectivity index (χ1n) is 8.71. The van der Waals surface area contributed by atoms with Crippen molar-refractivity contribution in [3.63, 3.8) is 0 Å². The van der Waals surface area contributed by atoms with Crippen LogP contribution in [0.15, 0.2) is 60.4 Å². The van der Waals surface area contributed by atoms with Gasteiger partial charge in [0.05, 0.1) is 10.9 Å². The Labute approximate surface area is 177 Å². The second-order valence-electron chi connectivity index (χ2n) is 6.83. The summed E-state index contributed by atoms with van der Waals surface area (Å²) in [6.45, 7) is 3.37. The second kappa shape index (κ2) is 8.37. The molecule has 0 saturated heterocycles. The monoisotopic (exact) mass is 462 g/mol. The molecule has 0 spiro atoms. The molecule has 3 rings (SSSR count). The van der Waals surface area contributed by atoms with E-state index in [0.29, 0.717) is 27.4 Å². The number of benzene rings is 2. The number of carbonyl (C=O) groups is 2. The first kappa shape index (κ1) is 20.4. The smallest absolute Gasteiger partial charge is 0.261 e. The molecule has 0 aliphatic carbocycles. The fourth-order valence-electron chi connectivity index (χ4n) is 2.91. The number of amides is 2. The first-order valence-corrected chi connectivity index (χ1v) is 10.2. The summed E-state index contributed by atoms with van der Waals surface area (Å²) in [4.78, 5) is 27.7. The molecule has 1 aliphatic rings. The van der Waals surface area contributed by atoms with E-state index in [-0.39, 0.29) is 18.5 Å². The average molecular weight is 464 g/mol. The standard InChI is InChI=1S/C21H20BrClN2O3/c1-21(2,20(27)24-16-10-6-9-15(23)11-16)25-13-28-17(12-22)18(19(25)26)14-7-4-3-5-8-14/h3-11H,12-13H2,1-2H3,(H,24,27). The van der Waals surface area contributed by atoms with Crippen molar-refractivity contribution in [1.82, 2.24) is 4.90 Å². The maximum atomic E-state index is 13.3. The molecule has 2 amide bonds. The van der Waals surface area contributed by atoms with Gasteiger partial charge in [0.25, 0.3) is 5.91 Å². The fraction of sp³-hybridized carbons (Fsp3) is 0.238. The summed E-state index contributed by atoms with van der Waals surface area (Å²) in [5.74, 6) is -0.0296. The molecule has 1 heterocycles. The van der Waals surface area contributed by atoms with Crippen LogP contribution in [0.3, 0.4) is 0 Å². The van der Waals surface area contributed by atoms with Crippen LogP contribution in [-0.4, -0.2) is 34.3 Å². The van der Waals surface area contributed by atoms with Gasteiger partial charge in [0.1, 0.15) is 11.3 Å². The number of nitrogens with one attached hydrogen (secondary N) is 1. The second-order valence-corrected chi connectivity index (χ2v) is 7.83. The van der Waals surface area contributed by atoms with Crippen LogP contribution >= 0.6 is 27.5 Å². The molecule has 0 radical (unpaired) electrons. The zero-order chi connectivity index (χ0) is 20.3. The normalized spacial score (nSPS) is 14.7. The molecule has 0 bridgehead atoms. The maximum Gasteiger partial charge on any atom is 0.261 e. The van der Waals surface area contributed by atoms with Gasteiger partial charge in [-0.1, -0.05) is 63.9 Å². The quantitative estimate of drug-likeness (QED) is 0.655. The molecule has 0 fully saturated rings. The minimum Gasteiger partial charge on any atom is -0.476 e. The van der Waals surface area contributed by atoms with Gasteiger partial charge in [-0.05, 0) is 37.6 Å². The van der Waals surface area contributed by atoms with E-state index < -0.39 is 5.54 Å². The zero-order valence-electron chi connectivity index (χ0n) is 15.5. The highest BCUT2D eigenvalue weighted by Gasteiger charge is 2.42. The molecular weight excluding hydrogens is 444 g/mol. The third-order valence-electron chi connectivity index (χ3n) is 4.60. The number of anilines is 1. The molecule has 0 unspecified atom stereocenters.